The lowest BCUT2D eigenvalue weighted by Gasteiger charge is -2.41. The number of hydrogen-bond donors (Lipinski definition) is 1. The summed E-state index contributed by atoms with van der Waals surface area (Å²) in [6.07, 6.45) is 7.10. The maximum atomic E-state index is 11.6. The highest BCUT2D eigenvalue weighted by Gasteiger charge is 2.32. The van der Waals surface area contributed by atoms with Crippen LogP contribution < -0.4 is 5.32 Å². The number of benzene rings is 1. The quantitative estimate of drug-likeness (QED) is 0.916. The predicted octanol–water partition coefficient (Wildman–Crippen LogP) is 2.13. The van der Waals surface area contributed by atoms with Crippen molar-refractivity contribution in [2.45, 2.75) is 44.8 Å². The van der Waals surface area contributed by atoms with Gasteiger partial charge in [0.2, 0.25) is 5.91 Å². The molecule has 0 saturated carbocycles. The second kappa shape index (κ2) is 7.62. The standard InChI is InChI=1S/C19H26N4O/c1-15(24)21-18-9-6-10-23(14-17-12-20-22(2)13-17)19(18)11-16-7-4-3-5-8-16/h3-5,7-8,12-13,18-19H,6,9-11,14H2,1-2H3,(H,21,24)/t18-,19-/m0/s1. The molecule has 2 heterocycles. The van der Waals surface area contributed by atoms with E-state index >= 15 is 0 Å². The van der Waals surface area contributed by atoms with E-state index < -0.39 is 0 Å². The molecule has 128 valence electrons. The smallest absolute Gasteiger partial charge is 0.217 e. The zero-order chi connectivity index (χ0) is 16.9. The summed E-state index contributed by atoms with van der Waals surface area (Å²) in [5.74, 6) is 0.0567. The van der Waals surface area contributed by atoms with Crippen molar-refractivity contribution < 1.29 is 4.79 Å². The van der Waals surface area contributed by atoms with Crippen molar-refractivity contribution >= 4 is 5.91 Å². The Balaban J connectivity index is 1.79. The van der Waals surface area contributed by atoms with E-state index in [-0.39, 0.29) is 11.9 Å². The summed E-state index contributed by atoms with van der Waals surface area (Å²) in [6.45, 7) is 3.55. The normalized spacial score (nSPS) is 21.6. The van der Waals surface area contributed by atoms with Crippen molar-refractivity contribution in [2.75, 3.05) is 6.54 Å². The van der Waals surface area contributed by atoms with Gasteiger partial charge in [0.25, 0.3) is 0 Å². The fraction of sp³-hybridized carbons (Fsp3) is 0.474. The SMILES string of the molecule is CC(=O)N[C@H]1CCCN(Cc2cnn(C)c2)[C@H]1Cc1ccccc1. The van der Waals surface area contributed by atoms with Crippen molar-refractivity contribution in [2.24, 2.45) is 7.05 Å². The van der Waals surface area contributed by atoms with Crippen molar-refractivity contribution in [1.82, 2.24) is 20.0 Å². The first-order chi connectivity index (χ1) is 11.6. The molecular weight excluding hydrogens is 300 g/mol. The zero-order valence-electron chi connectivity index (χ0n) is 14.5. The van der Waals surface area contributed by atoms with E-state index in [1.807, 2.05) is 24.0 Å². The van der Waals surface area contributed by atoms with Crippen molar-refractivity contribution in [3.05, 3.63) is 53.9 Å². The Kier molecular flexibility index (Phi) is 5.30. The summed E-state index contributed by atoms with van der Waals surface area (Å²) < 4.78 is 1.84. The molecule has 2 atom stereocenters. The lowest BCUT2D eigenvalue weighted by Crippen LogP contribution is -2.55. The van der Waals surface area contributed by atoms with Crippen LogP contribution in [0.15, 0.2) is 42.7 Å². The van der Waals surface area contributed by atoms with Gasteiger partial charge in [0.1, 0.15) is 0 Å². The molecule has 1 saturated heterocycles. The van der Waals surface area contributed by atoms with E-state index in [0.717, 1.165) is 32.4 Å². The number of nitrogens with one attached hydrogen (secondary N) is 1. The van der Waals surface area contributed by atoms with Gasteiger partial charge < -0.3 is 5.32 Å². The highest BCUT2D eigenvalue weighted by Crippen LogP contribution is 2.23. The Bertz CT molecular complexity index is 667. The average Bonchev–Trinajstić information content (AvgIpc) is 2.96. The number of rotatable bonds is 5. The Morgan fingerprint density at radius 2 is 2.08 bits per heavy atom. The van der Waals surface area contributed by atoms with Crippen LogP contribution in [-0.4, -0.2) is 39.2 Å². The summed E-state index contributed by atoms with van der Waals surface area (Å²) in [4.78, 5) is 14.1. The first-order valence-electron chi connectivity index (χ1n) is 8.64. The van der Waals surface area contributed by atoms with Crippen LogP contribution in [-0.2, 0) is 24.8 Å². The number of hydrogen-bond acceptors (Lipinski definition) is 3. The van der Waals surface area contributed by atoms with Gasteiger partial charge in [0, 0.05) is 44.4 Å². The highest BCUT2D eigenvalue weighted by atomic mass is 16.1. The zero-order valence-corrected chi connectivity index (χ0v) is 14.5. The van der Waals surface area contributed by atoms with Gasteiger partial charge in [-0.1, -0.05) is 30.3 Å². The fourth-order valence-corrected chi connectivity index (χ4v) is 3.67. The van der Waals surface area contributed by atoms with Crippen LogP contribution >= 0.6 is 0 Å². The highest BCUT2D eigenvalue weighted by molar-refractivity contribution is 5.73. The van der Waals surface area contributed by atoms with E-state index in [4.69, 9.17) is 0 Å². The number of piperidine rings is 1. The monoisotopic (exact) mass is 326 g/mol. The molecule has 2 aromatic rings. The molecule has 0 radical (unpaired) electrons. The van der Waals surface area contributed by atoms with Crippen LogP contribution in [0.3, 0.4) is 0 Å². The Morgan fingerprint density at radius 3 is 2.75 bits per heavy atom. The Labute approximate surface area is 143 Å². The number of nitrogens with zero attached hydrogens (tertiary/aromatic N) is 3. The first kappa shape index (κ1) is 16.7. The molecule has 3 rings (SSSR count). The number of likely N-dealkylation sites (tertiary alicyclic amines) is 1. The minimum atomic E-state index is 0.0567. The van der Waals surface area contributed by atoms with Gasteiger partial charge in [0.05, 0.1) is 6.20 Å². The van der Waals surface area contributed by atoms with Crippen LogP contribution in [0, 0.1) is 0 Å². The molecule has 1 N–H and O–H groups in total. The van der Waals surface area contributed by atoms with Crippen LogP contribution in [0.5, 0.6) is 0 Å². The summed E-state index contributed by atoms with van der Waals surface area (Å²) in [7, 11) is 1.95. The summed E-state index contributed by atoms with van der Waals surface area (Å²) >= 11 is 0. The van der Waals surface area contributed by atoms with E-state index in [9.17, 15) is 4.79 Å². The Morgan fingerprint density at radius 1 is 1.29 bits per heavy atom. The molecule has 5 nitrogen and oxygen atoms in total. The van der Waals surface area contributed by atoms with Crippen LogP contribution in [0.4, 0.5) is 0 Å². The molecule has 1 aliphatic heterocycles. The number of carbonyl (C=O) groups excluding carboxylic acids is 1. The number of aryl methyl sites for hydroxylation is 1. The molecule has 1 aliphatic rings. The molecule has 0 spiro atoms. The molecule has 0 unspecified atom stereocenters. The average molecular weight is 326 g/mol. The third kappa shape index (κ3) is 4.23. The van der Waals surface area contributed by atoms with E-state index in [1.54, 1.807) is 6.92 Å². The van der Waals surface area contributed by atoms with Crippen LogP contribution in [0.25, 0.3) is 0 Å². The summed E-state index contributed by atoms with van der Waals surface area (Å²) in [6, 6.07) is 11.1. The Hall–Kier alpha value is -2.14. The first-order valence-corrected chi connectivity index (χ1v) is 8.64. The summed E-state index contributed by atoms with van der Waals surface area (Å²) in [5.41, 5.74) is 2.54. The predicted molar refractivity (Wildman–Crippen MR) is 94.4 cm³/mol. The van der Waals surface area contributed by atoms with Gasteiger partial charge in [0.15, 0.2) is 0 Å². The molecule has 1 fully saturated rings. The van der Waals surface area contributed by atoms with Gasteiger partial charge in [-0.05, 0) is 31.4 Å². The maximum Gasteiger partial charge on any atom is 0.217 e. The summed E-state index contributed by atoms with van der Waals surface area (Å²) in [5, 5.41) is 7.45. The topological polar surface area (TPSA) is 50.2 Å². The molecule has 5 heteroatoms. The van der Waals surface area contributed by atoms with Crippen molar-refractivity contribution in [1.29, 1.82) is 0 Å². The minimum Gasteiger partial charge on any atom is -0.352 e. The van der Waals surface area contributed by atoms with E-state index in [2.05, 4.69) is 45.8 Å². The number of carbonyl (C=O) groups is 1. The van der Waals surface area contributed by atoms with E-state index in [1.165, 1.54) is 11.1 Å². The lowest BCUT2D eigenvalue weighted by atomic mass is 9.90. The molecular formula is C19H26N4O. The maximum absolute atomic E-state index is 11.6. The van der Waals surface area contributed by atoms with E-state index in [0.29, 0.717) is 6.04 Å². The minimum absolute atomic E-state index is 0.0567. The third-order valence-electron chi connectivity index (χ3n) is 4.71. The molecule has 24 heavy (non-hydrogen) atoms. The molecule has 1 aromatic heterocycles. The van der Waals surface area contributed by atoms with Gasteiger partial charge in [-0.25, -0.2) is 0 Å². The largest absolute Gasteiger partial charge is 0.352 e. The second-order valence-electron chi connectivity index (χ2n) is 6.70. The van der Waals surface area contributed by atoms with Crippen molar-refractivity contribution in [3.8, 4) is 0 Å². The van der Waals surface area contributed by atoms with Gasteiger partial charge in [-0.3, -0.25) is 14.4 Å². The van der Waals surface area contributed by atoms with Gasteiger partial charge >= 0.3 is 0 Å². The number of amides is 1. The lowest BCUT2D eigenvalue weighted by molar-refractivity contribution is -0.120. The third-order valence-corrected chi connectivity index (χ3v) is 4.71. The molecule has 1 amide bonds. The van der Waals surface area contributed by atoms with Crippen molar-refractivity contribution in [3.63, 3.8) is 0 Å². The molecule has 0 aliphatic carbocycles. The fourth-order valence-electron chi connectivity index (χ4n) is 3.67. The van der Waals surface area contributed by atoms with Gasteiger partial charge in [-0.15, -0.1) is 0 Å². The molecule has 1 aromatic carbocycles. The van der Waals surface area contributed by atoms with Crippen LogP contribution in [0.1, 0.15) is 30.9 Å². The van der Waals surface area contributed by atoms with Crippen LogP contribution in [0.2, 0.25) is 0 Å². The number of aromatic nitrogens is 2. The molecule has 0 bridgehead atoms. The van der Waals surface area contributed by atoms with Gasteiger partial charge in [-0.2, -0.15) is 5.10 Å². The second-order valence-corrected chi connectivity index (χ2v) is 6.70.